The van der Waals surface area contributed by atoms with E-state index in [4.69, 9.17) is 10.9 Å². The summed E-state index contributed by atoms with van der Waals surface area (Å²) in [5, 5.41) is 14.9. The number of amidine groups is 1. The van der Waals surface area contributed by atoms with Gasteiger partial charge in [-0.15, -0.1) is 0 Å². The number of nitrogens with two attached hydrogens (primary N) is 1. The number of alkyl halides is 3. The average Bonchev–Trinajstić information content (AvgIpc) is 2.87. The molecule has 0 aliphatic rings. The SMILES string of the molecule is NC(=NO)c1ccnc(-n2cc(C(F)(F)F)cn2)c1. The number of hydrogen-bond acceptors (Lipinski definition) is 4. The lowest BCUT2D eigenvalue weighted by atomic mass is 10.2. The van der Waals surface area contributed by atoms with Crippen LogP contribution in [0.25, 0.3) is 5.82 Å². The minimum atomic E-state index is -4.47. The predicted octanol–water partition coefficient (Wildman–Crippen LogP) is 1.38. The van der Waals surface area contributed by atoms with E-state index in [1.165, 1.54) is 18.3 Å². The number of pyridine rings is 1. The summed E-state index contributed by atoms with van der Waals surface area (Å²) in [6.45, 7) is 0. The van der Waals surface area contributed by atoms with Gasteiger partial charge in [-0.1, -0.05) is 5.16 Å². The second kappa shape index (κ2) is 4.59. The van der Waals surface area contributed by atoms with Crippen LogP contribution in [0.5, 0.6) is 0 Å². The molecule has 0 amide bonds. The summed E-state index contributed by atoms with van der Waals surface area (Å²) in [7, 11) is 0. The van der Waals surface area contributed by atoms with Crippen molar-refractivity contribution in [2.75, 3.05) is 0 Å². The van der Waals surface area contributed by atoms with Gasteiger partial charge >= 0.3 is 6.18 Å². The van der Waals surface area contributed by atoms with E-state index in [2.05, 4.69) is 15.2 Å². The average molecular weight is 271 g/mol. The van der Waals surface area contributed by atoms with E-state index in [-0.39, 0.29) is 11.7 Å². The number of halogens is 3. The standard InChI is InChI=1S/C10H8F3N5O/c11-10(12,13)7-4-16-18(5-7)8-3-6(1-2-15-8)9(14)17-19/h1-5,19H,(H2,14,17). The zero-order valence-electron chi connectivity index (χ0n) is 9.33. The summed E-state index contributed by atoms with van der Waals surface area (Å²) in [6.07, 6.45) is -1.66. The Hall–Kier alpha value is -2.58. The Morgan fingerprint density at radius 1 is 1.42 bits per heavy atom. The third-order valence-corrected chi connectivity index (χ3v) is 2.29. The highest BCUT2D eigenvalue weighted by Crippen LogP contribution is 2.28. The molecule has 0 spiro atoms. The first kappa shape index (κ1) is 12.9. The van der Waals surface area contributed by atoms with E-state index in [1.807, 2.05) is 0 Å². The molecule has 0 fully saturated rings. The summed E-state index contributed by atoms with van der Waals surface area (Å²) in [5.74, 6) is -0.0496. The van der Waals surface area contributed by atoms with Crippen LogP contribution in [0.2, 0.25) is 0 Å². The van der Waals surface area contributed by atoms with Gasteiger partial charge in [0.2, 0.25) is 0 Å². The van der Waals surface area contributed by atoms with E-state index in [0.29, 0.717) is 11.8 Å². The van der Waals surface area contributed by atoms with Gasteiger partial charge in [0.05, 0.1) is 11.8 Å². The minimum Gasteiger partial charge on any atom is -0.409 e. The molecule has 9 heteroatoms. The zero-order valence-corrected chi connectivity index (χ0v) is 9.33. The molecule has 0 aromatic carbocycles. The predicted molar refractivity (Wildman–Crippen MR) is 58.9 cm³/mol. The second-order valence-electron chi connectivity index (χ2n) is 3.56. The van der Waals surface area contributed by atoms with Crippen molar-refractivity contribution in [1.82, 2.24) is 14.8 Å². The van der Waals surface area contributed by atoms with Gasteiger partial charge in [-0.05, 0) is 12.1 Å². The Kier molecular flexibility index (Phi) is 3.11. The fourth-order valence-electron chi connectivity index (χ4n) is 1.36. The first-order valence-corrected chi connectivity index (χ1v) is 4.98. The van der Waals surface area contributed by atoms with E-state index >= 15 is 0 Å². The van der Waals surface area contributed by atoms with Crippen molar-refractivity contribution in [1.29, 1.82) is 0 Å². The van der Waals surface area contributed by atoms with Crippen LogP contribution in [0.4, 0.5) is 13.2 Å². The van der Waals surface area contributed by atoms with Crippen molar-refractivity contribution >= 4 is 5.84 Å². The summed E-state index contributed by atoms with van der Waals surface area (Å²) >= 11 is 0. The Bertz CT molecular complexity index is 620. The van der Waals surface area contributed by atoms with Gasteiger partial charge in [0.15, 0.2) is 11.7 Å². The number of oxime groups is 1. The fourth-order valence-corrected chi connectivity index (χ4v) is 1.36. The Morgan fingerprint density at radius 2 is 2.16 bits per heavy atom. The monoisotopic (exact) mass is 271 g/mol. The number of rotatable bonds is 2. The molecule has 100 valence electrons. The first-order chi connectivity index (χ1) is 8.91. The second-order valence-corrected chi connectivity index (χ2v) is 3.56. The lowest BCUT2D eigenvalue weighted by Gasteiger charge is -2.03. The molecular weight excluding hydrogens is 263 g/mol. The number of aromatic nitrogens is 3. The Morgan fingerprint density at radius 3 is 2.74 bits per heavy atom. The van der Waals surface area contributed by atoms with Crippen LogP contribution >= 0.6 is 0 Å². The quantitative estimate of drug-likeness (QED) is 0.374. The summed E-state index contributed by atoms with van der Waals surface area (Å²) in [5.41, 5.74) is 4.81. The van der Waals surface area contributed by atoms with Gasteiger partial charge in [-0.3, -0.25) is 0 Å². The smallest absolute Gasteiger partial charge is 0.409 e. The molecule has 0 unspecified atom stereocenters. The molecule has 2 aromatic heterocycles. The van der Waals surface area contributed by atoms with Gasteiger partial charge in [-0.25, -0.2) is 9.67 Å². The normalized spacial score (nSPS) is 12.7. The molecule has 0 aliphatic heterocycles. The molecule has 0 saturated carbocycles. The van der Waals surface area contributed by atoms with Crippen LogP contribution in [0.1, 0.15) is 11.1 Å². The third-order valence-electron chi connectivity index (χ3n) is 2.29. The molecule has 6 nitrogen and oxygen atoms in total. The Labute approximate surface area is 105 Å². The van der Waals surface area contributed by atoms with Crippen molar-refractivity contribution in [3.05, 3.63) is 41.9 Å². The molecular formula is C10H8F3N5O. The van der Waals surface area contributed by atoms with Gasteiger partial charge in [0.1, 0.15) is 0 Å². The maximum Gasteiger partial charge on any atom is 0.419 e. The lowest BCUT2D eigenvalue weighted by Crippen LogP contribution is -2.14. The maximum atomic E-state index is 12.4. The van der Waals surface area contributed by atoms with E-state index in [9.17, 15) is 13.2 Å². The molecule has 2 aromatic rings. The highest BCUT2D eigenvalue weighted by Gasteiger charge is 2.32. The first-order valence-electron chi connectivity index (χ1n) is 4.98. The number of hydrogen-bond donors (Lipinski definition) is 2. The summed E-state index contributed by atoms with van der Waals surface area (Å²) in [4.78, 5) is 3.86. The number of nitrogens with zero attached hydrogens (tertiary/aromatic N) is 4. The molecule has 2 rings (SSSR count). The van der Waals surface area contributed by atoms with Crippen molar-refractivity contribution in [2.24, 2.45) is 10.9 Å². The van der Waals surface area contributed by atoms with E-state index in [0.717, 1.165) is 10.9 Å². The van der Waals surface area contributed by atoms with Gasteiger partial charge in [-0.2, -0.15) is 18.3 Å². The largest absolute Gasteiger partial charge is 0.419 e. The molecule has 0 atom stereocenters. The van der Waals surface area contributed by atoms with E-state index in [1.54, 1.807) is 0 Å². The molecule has 0 saturated heterocycles. The van der Waals surface area contributed by atoms with E-state index < -0.39 is 11.7 Å². The highest BCUT2D eigenvalue weighted by atomic mass is 19.4. The summed E-state index contributed by atoms with van der Waals surface area (Å²) in [6, 6.07) is 2.80. The van der Waals surface area contributed by atoms with Gasteiger partial charge in [0.25, 0.3) is 0 Å². The highest BCUT2D eigenvalue weighted by molar-refractivity contribution is 5.97. The van der Waals surface area contributed by atoms with Crippen LogP contribution in [-0.4, -0.2) is 25.8 Å². The minimum absolute atomic E-state index is 0.125. The molecule has 19 heavy (non-hydrogen) atoms. The van der Waals surface area contributed by atoms with Crippen LogP contribution in [0.15, 0.2) is 35.9 Å². The van der Waals surface area contributed by atoms with Crippen molar-refractivity contribution < 1.29 is 18.4 Å². The van der Waals surface area contributed by atoms with Crippen LogP contribution < -0.4 is 5.73 Å². The Balaban J connectivity index is 2.40. The zero-order chi connectivity index (χ0) is 14.0. The lowest BCUT2D eigenvalue weighted by molar-refractivity contribution is -0.137. The maximum absolute atomic E-state index is 12.4. The van der Waals surface area contributed by atoms with Crippen molar-refractivity contribution in [2.45, 2.75) is 6.18 Å². The fraction of sp³-hybridized carbons (Fsp3) is 0.100. The topological polar surface area (TPSA) is 89.3 Å². The van der Waals surface area contributed by atoms with Gasteiger partial charge in [0, 0.05) is 18.0 Å². The van der Waals surface area contributed by atoms with Crippen LogP contribution in [0.3, 0.4) is 0 Å². The summed E-state index contributed by atoms with van der Waals surface area (Å²) < 4.78 is 38.3. The van der Waals surface area contributed by atoms with Crippen LogP contribution in [0, 0.1) is 0 Å². The van der Waals surface area contributed by atoms with Crippen molar-refractivity contribution in [3.63, 3.8) is 0 Å². The molecule has 2 heterocycles. The molecule has 3 N–H and O–H groups in total. The van der Waals surface area contributed by atoms with Gasteiger partial charge < -0.3 is 10.9 Å². The third kappa shape index (κ3) is 2.64. The van der Waals surface area contributed by atoms with Crippen LogP contribution in [-0.2, 0) is 6.18 Å². The molecule has 0 aliphatic carbocycles. The molecule has 0 bridgehead atoms. The molecule has 0 radical (unpaired) electrons. The van der Waals surface area contributed by atoms with Crippen molar-refractivity contribution in [3.8, 4) is 5.82 Å².